The van der Waals surface area contributed by atoms with Crippen LogP contribution in [-0.2, 0) is 16.1 Å². The fraction of sp³-hybridized carbons (Fsp3) is 0.417. The third kappa shape index (κ3) is 6.87. The number of hydrogen-bond acceptors (Lipinski definition) is 3. The summed E-state index contributed by atoms with van der Waals surface area (Å²) in [6.45, 7) is 9.86. The molecule has 2 aromatic carbocycles. The van der Waals surface area contributed by atoms with Gasteiger partial charge in [-0.25, -0.2) is 0 Å². The van der Waals surface area contributed by atoms with Gasteiger partial charge in [0.05, 0.1) is 0 Å². The van der Waals surface area contributed by atoms with Crippen LogP contribution in [0.2, 0.25) is 0 Å². The Kier molecular flexibility index (Phi) is 8.90. The maximum Gasteiger partial charge on any atom is 0.261 e. The van der Waals surface area contributed by atoms with Crippen LogP contribution in [0.5, 0.6) is 5.75 Å². The van der Waals surface area contributed by atoms with E-state index >= 15 is 0 Å². The first-order valence-corrected chi connectivity index (χ1v) is 11.0. The van der Waals surface area contributed by atoms with E-state index in [0.29, 0.717) is 12.3 Å². The molecule has 0 aromatic heterocycles. The Morgan fingerprint density at radius 2 is 1.77 bits per heavy atom. The first kappa shape index (κ1) is 23.9. The summed E-state index contributed by atoms with van der Waals surface area (Å²) < 4.78 is 6.78. The van der Waals surface area contributed by atoms with Crippen molar-refractivity contribution in [3.05, 3.63) is 63.6 Å². The van der Waals surface area contributed by atoms with Crippen molar-refractivity contribution in [2.24, 2.45) is 0 Å². The lowest BCUT2D eigenvalue weighted by molar-refractivity contribution is -0.142. The standard InChI is InChI=1S/C24H31BrN2O3/c1-6-18(4)26-24(29)19(5)27(14-20-9-11-21(25)12-10-20)23(28)15-30-22-13-16(2)7-8-17(22)3/h7-13,18-19H,6,14-15H2,1-5H3,(H,26,29). The molecular weight excluding hydrogens is 444 g/mol. The molecule has 1 N–H and O–H groups in total. The van der Waals surface area contributed by atoms with E-state index in [0.717, 1.165) is 27.6 Å². The lowest BCUT2D eigenvalue weighted by Crippen LogP contribution is -2.50. The van der Waals surface area contributed by atoms with Crippen LogP contribution >= 0.6 is 15.9 Å². The number of hydrogen-bond donors (Lipinski definition) is 1. The first-order chi connectivity index (χ1) is 14.2. The Balaban J connectivity index is 2.17. The zero-order valence-corrected chi connectivity index (χ0v) is 20.0. The lowest BCUT2D eigenvalue weighted by Gasteiger charge is -2.29. The Bertz CT molecular complexity index is 867. The van der Waals surface area contributed by atoms with E-state index in [1.807, 2.05) is 70.2 Å². The quantitative estimate of drug-likeness (QED) is 0.568. The van der Waals surface area contributed by atoms with Crippen LogP contribution in [-0.4, -0.2) is 35.4 Å². The van der Waals surface area contributed by atoms with Crippen LogP contribution in [0.15, 0.2) is 46.9 Å². The second-order valence-electron chi connectivity index (χ2n) is 7.70. The molecule has 2 atom stereocenters. The predicted octanol–water partition coefficient (Wildman–Crippen LogP) is 4.78. The summed E-state index contributed by atoms with van der Waals surface area (Å²) >= 11 is 3.43. The van der Waals surface area contributed by atoms with E-state index in [1.54, 1.807) is 11.8 Å². The number of halogens is 1. The van der Waals surface area contributed by atoms with Gasteiger partial charge in [0.2, 0.25) is 5.91 Å². The molecule has 2 rings (SSSR count). The van der Waals surface area contributed by atoms with Crippen LogP contribution in [0.3, 0.4) is 0 Å². The number of ether oxygens (including phenoxy) is 1. The molecule has 0 saturated heterocycles. The molecule has 2 unspecified atom stereocenters. The number of amides is 2. The summed E-state index contributed by atoms with van der Waals surface area (Å²) in [7, 11) is 0. The Labute approximate surface area is 187 Å². The normalized spacial score (nSPS) is 12.7. The van der Waals surface area contributed by atoms with E-state index in [9.17, 15) is 9.59 Å². The summed E-state index contributed by atoms with van der Waals surface area (Å²) in [5, 5.41) is 2.97. The maximum absolute atomic E-state index is 13.1. The minimum absolute atomic E-state index is 0.0516. The molecule has 6 heteroatoms. The second kappa shape index (κ2) is 11.2. The molecule has 162 valence electrons. The fourth-order valence-electron chi connectivity index (χ4n) is 2.92. The van der Waals surface area contributed by atoms with Crippen molar-refractivity contribution in [3.63, 3.8) is 0 Å². The SMILES string of the molecule is CCC(C)NC(=O)C(C)N(Cc1ccc(Br)cc1)C(=O)COc1cc(C)ccc1C. The number of carbonyl (C=O) groups excluding carboxylic acids is 2. The summed E-state index contributed by atoms with van der Waals surface area (Å²) in [6, 6.07) is 13.1. The van der Waals surface area contributed by atoms with Gasteiger partial charge in [-0.2, -0.15) is 0 Å². The third-order valence-electron chi connectivity index (χ3n) is 5.13. The average Bonchev–Trinajstić information content (AvgIpc) is 2.73. The minimum Gasteiger partial charge on any atom is -0.483 e. The number of rotatable bonds is 9. The first-order valence-electron chi connectivity index (χ1n) is 10.3. The highest BCUT2D eigenvalue weighted by molar-refractivity contribution is 9.10. The smallest absolute Gasteiger partial charge is 0.261 e. The van der Waals surface area contributed by atoms with Crippen molar-refractivity contribution >= 4 is 27.7 Å². The van der Waals surface area contributed by atoms with Crippen LogP contribution in [0.25, 0.3) is 0 Å². The minimum atomic E-state index is -0.614. The van der Waals surface area contributed by atoms with Crippen molar-refractivity contribution in [1.82, 2.24) is 10.2 Å². The highest BCUT2D eigenvalue weighted by atomic mass is 79.9. The molecule has 0 saturated carbocycles. The summed E-state index contributed by atoms with van der Waals surface area (Å²) in [5.41, 5.74) is 2.98. The van der Waals surface area contributed by atoms with E-state index < -0.39 is 6.04 Å². The van der Waals surface area contributed by atoms with Crippen LogP contribution in [0, 0.1) is 13.8 Å². The Morgan fingerprint density at radius 1 is 1.10 bits per heavy atom. The number of carbonyl (C=O) groups is 2. The fourth-order valence-corrected chi connectivity index (χ4v) is 3.18. The molecule has 0 radical (unpaired) electrons. The van der Waals surface area contributed by atoms with E-state index in [1.165, 1.54) is 0 Å². The summed E-state index contributed by atoms with van der Waals surface area (Å²) in [4.78, 5) is 27.4. The van der Waals surface area contributed by atoms with Gasteiger partial charge >= 0.3 is 0 Å². The molecule has 5 nitrogen and oxygen atoms in total. The van der Waals surface area contributed by atoms with Crippen LogP contribution in [0.4, 0.5) is 0 Å². The van der Waals surface area contributed by atoms with Gasteiger partial charge in [-0.15, -0.1) is 0 Å². The van der Waals surface area contributed by atoms with Crippen molar-refractivity contribution < 1.29 is 14.3 Å². The number of nitrogens with zero attached hydrogens (tertiary/aromatic N) is 1. The van der Waals surface area contributed by atoms with Gasteiger partial charge in [0, 0.05) is 17.1 Å². The van der Waals surface area contributed by atoms with Crippen molar-refractivity contribution in [1.29, 1.82) is 0 Å². The maximum atomic E-state index is 13.1. The second-order valence-corrected chi connectivity index (χ2v) is 8.62. The molecular formula is C24H31BrN2O3. The van der Waals surface area contributed by atoms with Gasteiger partial charge < -0.3 is 15.0 Å². The average molecular weight is 475 g/mol. The largest absolute Gasteiger partial charge is 0.483 e. The van der Waals surface area contributed by atoms with Gasteiger partial charge in [-0.1, -0.05) is 47.1 Å². The van der Waals surface area contributed by atoms with Gasteiger partial charge in [0.1, 0.15) is 11.8 Å². The third-order valence-corrected chi connectivity index (χ3v) is 5.66. The molecule has 2 amide bonds. The zero-order valence-electron chi connectivity index (χ0n) is 18.4. The predicted molar refractivity (Wildman–Crippen MR) is 123 cm³/mol. The molecule has 30 heavy (non-hydrogen) atoms. The molecule has 0 aliphatic carbocycles. The molecule has 0 bridgehead atoms. The van der Waals surface area contributed by atoms with Gasteiger partial charge in [0.15, 0.2) is 6.61 Å². The van der Waals surface area contributed by atoms with Crippen molar-refractivity contribution in [2.75, 3.05) is 6.61 Å². The number of benzene rings is 2. The number of aryl methyl sites for hydroxylation is 2. The van der Waals surface area contributed by atoms with Crippen molar-refractivity contribution in [3.8, 4) is 5.75 Å². The van der Waals surface area contributed by atoms with Crippen LogP contribution in [0.1, 0.15) is 43.9 Å². The van der Waals surface area contributed by atoms with E-state index in [2.05, 4.69) is 21.2 Å². The summed E-state index contributed by atoms with van der Waals surface area (Å²) in [6.07, 6.45) is 0.828. The molecule has 0 fully saturated rings. The highest BCUT2D eigenvalue weighted by Gasteiger charge is 2.27. The monoisotopic (exact) mass is 474 g/mol. The number of nitrogens with one attached hydrogen (secondary N) is 1. The van der Waals surface area contributed by atoms with Crippen molar-refractivity contribution in [2.45, 2.75) is 59.7 Å². The molecule has 0 spiro atoms. The lowest BCUT2D eigenvalue weighted by atomic mass is 10.1. The highest BCUT2D eigenvalue weighted by Crippen LogP contribution is 2.20. The zero-order chi connectivity index (χ0) is 22.3. The molecule has 0 heterocycles. The van der Waals surface area contributed by atoms with E-state index in [-0.39, 0.29) is 24.5 Å². The summed E-state index contributed by atoms with van der Waals surface area (Å²) in [5.74, 6) is 0.288. The van der Waals surface area contributed by atoms with Gasteiger partial charge in [0.25, 0.3) is 5.91 Å². The van der Waals surface area contributed by atoms with Gasteiger partial charge in [-0.3, -0.25) is 9.59 Å². The van der Waals surface area contributed by atoms with Crippen LogP contribution < -0.4 is 10.1 Å². The van der Waals surface area contributed by atoms with E-state index in [4.69, 9.17) is 4.74 Å². The Morgan fingerprint density at radius 3 is 2.40 bits per heavy atom. The Hall–Kier alpha value is -2.34. The molecule has 2 aromatic rings. The topological polar surface area (TPSA) is 58.6 Å². The molecule has 0 aliphatic rings. The van der Waals surface area contributed by atoms with Gasteiger partial charge in [-0.05, 0) is 69.0 Å². The molecule has 0 aliphatic heterocycles.